The summed E-state index contributed by atoms with van der Waals surface area (Å²) >= 11 is 3.60. The van der Waals surface area contributed by atoms with Crippen LogP contribution in [0.25, 0.3) is 16.6 Å². The van der Waals surface area contributed by atoms with Crippen LogP contribution < -0.4 is 5.56 Å². The van der Waals surface area contributed by atoms with Crippen molar-refractivity contribution in [1.82, 2.24) is 14.2 Å². The average molecular weight is 320 g/mol. The minimum atomic E-state index is 0.0149. The van der Waals surface area contributed by atoms with Gasteiger partial charge in [0.2, 0.25) is 0 Å². The quantitative estimate of drug-likeness (QED) is 0.647. The maximum Gasteiger partial charge on any atom is 0.261 e. The zero-order valence-electron chi connectivity index (χ0n) is 11.0. The van der Waals surface area contributed by atoms with Crippen molar-refractivity contribution < 1.29 is 0 Å². The minimum Gasteiger partial charge on any atom is -0.296 e. The summed E-state index contributed by atoms with van der Waals surface area (Å²) in [5.41, 5.74) is 3.87. The molecule has 1 unspecified atom stereocenters. The fraction of sp³-hybridized carbons (Fsp3) is 0.286. The third kappa shape index (κ3) is 1.72. The Bertz CT molecular complexity index is 845. The zero-order valence-corrected chi connectivity index (χ0v) is 12.6. The summed E-state index contributed by atoms with van der Waals surface area (Å²) in [5.74, 6) is 0. The van der Waals surface area contributed by atoms with Crippen LogP contribution in [0.4, 0.5) is 0 Å². The number of nitrogens with zero attached hydrogens (tertiary/aromatic N) is 3. The molecule has 2 heterocycles. The number of alkyl halides is 1. The van der Waals surface area contributed by atoms with E-state index in [4.69, 9.17) is 0 Å². The van der Waals surface area contributed by atoms with Crippen molar-refractivity contribution in [3.63, 3.8) is 0 Å². The second-order valence-electron chi connectivity index (χ2n) is 4.83. The highest BCUT2D eigenvalue weighted by atomic mass is 79.9. The van der Waals surface area contributed by atoms with Gasteiger partial charge in [0.15, 0.2) is 0 Å². The summed E-state index contributed by atoms with van der Waals surface area (Å²) < 4.78 is 3.47. The van der Waals surface area contributed by atoms with E-state index in [9.17, 15) is 4.79 Å². The monoisotopic (exact) mass is 319 g/mol. The molecular formula is C14H14BrN3O. The molecule has 0 bridgehead atoms. The van der Waals surface area contributed by atoms with E-state index >= 15 is 0 Å². The van der Waals surface area contributed by atoms with Crippen LogP contribution in [0.3, 0.4) is 0 Å². The van der Waals surface area contributed by atoms with Gasteiger partial charge in [-0.25, -0.2) is 4.52 Å². The molecule has 4 nitrogen and oxygen atoms in total. The predicted molar refractivity (Wildman–Crippen MR) is 80.0 cm³/mol. The molecule has 0 N–H and O–H groups in total. The second kappa shape index (κ2) is 4.20. The molecule has 0 aliphatic heterocycles. The van der Waals surface area contributed by atoms with Crippen molar-refractivity contribution in [2.24, 2.45) is 7.05 Å². The Balaban J connectivity index is 2.68. The van der Waals surface area contributed by atoms with E-state index < -0.39 is 0 Å². The van der Waals surface area contributed by atoms with Crippen LogP contribution in [0.1, 0.15) is 22.9 Å². The number of halogens is 1. The molecule has 0 spiro atoms. The molecule has 1 aromatic carbocycles. The van der Waals surface area contributed by atoms with E-state index in [0.717, 1.165) is 22.3 Å². The molecule has 2 aromatic heterocycles. The number of hydrogen-bond acceptors (Lipinski definition) is 2. The Morgan fingerprint density at radius 2 is 2.11 bits per heavy atom. The van der Waals surface area contributed by atoms with Gasteiger partial charge in [-0.2, -0.15) is 5.10 Å². The lowest BCUT2D eigenvalue weighted by Crippen LogP contribution is -2.20. The summed E-state index contributed by atoms with van der Waals surface area (Å²) in [6.07, 6.45) is 1.72. The van der Waals surface area contributed by atoms with Crippen LogP contribution in [-0.2, 0) is 7.05 Å². The number of benzene rings is 1. The Kier molecular flexibility index (Phi) is 2.74. The Labute approximate surface area is 118 Å². The second-order valence-corrected chi connectivity index (χ2v) is 6.21. The van der Waals surface area contributed by atoms with Gasteiger partial charge in [-0.15, -0.1) is 0 Å². The predicted octanol–water partition coefficient (Wildman–Crippen LogP) is 2.95. The highest BCUT2D eigenvalue weighted by molar-refractivity contribution is 9.09. The van der Waals surface area contributed by atoms with E-state index in [1.165, 1.54) is 0 Å². The van der Waals surface area contributed by atoms with Crippen LogP contribution >= 0.6 is 15.9 Å². The lowest BCUT2D eigenvalue weighted by atomic mass is 10.0. The van der Waals surface area contributed by atoms with Gasteiger partial charge < -0.3 is 0 Å². The molecule has 5 heteroatoms. The molecule has 98 valence electrons. The van der Waals surface area contributed by atoms with Crippen molar-refractivity contribution in [3.8, 4) is 0 Å². The highest BCUT2D eigenvalue weighted by Gasteiger charge is 2.15. The number of fused-ring (bicyclic) bond motifs is 3. The lowest BCUT2D eigenvalue weighted by molar-refractivity contribution is 0.845. The topological polar surface area (TPSA) is 39.3 Å². The van der Waals surface area contributed by atoms with Gasteiger partial charge in [0, 0.05) is 17.9 Å². The molecule has 3 aromatic rings. The maximum absolute atomic E-state index is 12.5. The van der Waals surface area contributed by atoms with Crippen LogP contribution in [0.15, 0.2) is 29.2 Å². The molecule has 0 aliphatic carbocycles. The number of rotatable bonds is 1. The summed E-state index contributed by atoms with van der Waals surface area (Å²) in [6, 6.07) is 5.88. The van der Waals surface area contributed by atoms with Gasteiger partial charge in [-0.1, -0.05) is 22.0 Å². The molecule has 0 saturated carbocycles. The van der Waals surface area contributed by atoms with Crippen molar-refractivity contribution in [2.75, 3.05) is 0 Å². The molecule has 19 heavy (non-hydrogen) atoms. The third-order valence-corrected chi connectivity index (χ3v) is 3.92. The van der Waals surface area contributed by atoms with Crippen molar-refractivity contribution in [3.05, 3.63) is 45.9 Å². The molecule has 0 fully saturated rings. The average Bonchev–Trinajstić information content (AvgIpc) is 2.84. The lowest BCUT2D eigenvalue weighted by Gasteiger charge is -2.13. The van der Waals surface area contributed by atoms with E-state index in [0.29, 0.717) is 5.39 Å². The molecule has 1 atom stereocenters. The fourth-order valence-electron chi connectivity index (χ4n) is 2.52. The summed E-state index contributed by atoms with van der Waals surface area (Å²) in [6.45, 7) is 4.06. The minimum absolute atomic E-state index is 0.0149. The molecule has 0 aliphatic rings. The fourth-order valence-corrected chi connectivity index (χ4v) is 2.87. The smallest absolute Gasteiger partial charge is 0.261 e. The van der Waals surface area contributed by atoms with E-state index in [1.807, 2.05) is 23.6 Å². The zero-order chi connectivity index (χ0) is 13.7. The number of aryl methyl sites for hydroxylation is 2. The summed E-state index contributed by atoms with van der Waals surface area (Å²) in [4.78, 5) is 12.6. The van der Waals surface area contributed by atoms with Gasteiger partial charge in [-0.3, -0.25) is 9.36 Å². The Hall–Kier alpha value is -1.62. The summed E-state index contributed by atoms with van der Waals surface area (Å²) in [7, 11) is 1.78. The number of aromatic nitrogens is 3. The van der Waals surface area contributed by atoms with Gasteiger partial charge in [-0.05, 0) is 31.0 Å². The molecule has 3 rings (SSSR count). The van der Waals surface area contributed by atoms with Crippen molar-refractivity contribution >= 4 is 32.5 Å². The molecule has 0 radical (unpaired) electrons. The SMILES string of the molecule is Cc1cc(C(C)Br)c2c(c1)c(=O)n(C)c1ccnn21. The van der Waals surface area contributed by atoms with E-state index in [2.05, 4.69) is 34.0 Å². The first-order valence-electron chi connectivity index (χ1n) is 6.11. The molecular weight excluding hydrogens is 306 g/mol. The first kappa shape index (κ1) is 12.4. The van der Waals surface area contributed by atoms with Crippen molar-refractivity contribution in [1.29, 1.82) is 0 Å². The van der Waals surface area contributed by atoms with Gasteiger partial charge in [0.05, 0.1) is 17.1 Å². The van der Waals surface area contributed by atoms with Gasteiger partial charge >= 0.3 is 0 Å². The normalized spacial score (nSPS) is 13.3. The Morgan fingerprint density at radius 1 is 1.37 bits per heavy atom. The standard InChI is InChI=1S/C14H14BrN3O/c1-8-6-10(9(2)15)13-11(7-8)14(19)17(3)12-4-5-16-18(12)13/h4-7,9H,1-3H3. The van der Waals surface area contributed by atoms with Crippen LogP contribution in [0.2, 0.25) is 0 Å². The first-order valence-corrected chi connectivity index (χ1v) is 7.03. The highest BCUT2D eigenvalue weighted by Crippen LogP contribution is 2.29. The third-order valence-electron chi connectivity index (χ3n) is 3.43. The number of hydrogen-bond donors (Lipinski definition) is 0. The van der Waals surface area contributed by atoms with Gasteiger partial charge in [0.1, 0.15) is 5.65 Å². The van der Waals surface area contributed by atoms with E-state index in [-0.39, 0.29) is 10.4 Å². The largest absolute Gasteiger partial charge is 0.296 e. The Morgan fingerprint density at radius 3 is 2.79 bits per heavy atom. The maximum atomic E-state index is 12.5. The van der Waals surface area contributed by atoms with Crippen LogP contribution in [-0.4, -0.2) is 14.2 Å². The van der Waals surface area contributed by atoms with Crippen molar-refractivity contribution in [2.45, 2.75) is 18.7 Å². The van der Waals surface area contributed by atoms with Crippen LogP contribution in [0.5, 0.6) is 0 Å². The molecule has 0 amide bonds. The van der Waals surface area contributed by atoms with Gasteiger partial charge in [0.25, 0.3) is 5.56 Å². The molecule has 0 saturated heterocycles. The van der Waals surface area contributed by atoms with Crippen LogP contribution in [0, 0.1) is 6.92 Å². The van der Waals surface area contributed by atoms with E-state index in [1.54, 1.807) is 17.8 Å². The first-order chi connectivity index (χ1) is 9.00. The summed E-state index contributed by atoms with van der Waals surface area (Å²) in [5, 5.41) is 5.07.